The van der Waals surface area contributed by atoms with Crippen molar-refractivity contribution < 1.29 is 4.79 Å². The molecule has 0 unspecified atom stereocenters. The SMILES string of the molecule is Nc1ncc(-c2ccc(C3(C(=O)Nc4ccncc4)CCCC3)cc2)cn1. The van der Waals surface area contributed by atoms with Gasteiger partial charge in [-0.15, -0.1) is 0 Å². The summed E-state index contributed by atoms with van der Waals surface area (Å²) in [6.45, 7) is 0. The molecule has 0 saturated heterocycles. The largest absolute Gasteiger partial charge is 0.368 e. The van der Waals surface area contributed by atoms with Gasteiger partial charge >= 0.3 is 0 Å². The minimum Gasteiger partial charge on any atom is -0.368 e. The zero-order valence-corrected chi connectivity index (χ0v) is 14.9. The van der Waals surface area contributed by atoms with Crippen molar-refractivity contribution >= 4 is 17.5 Å². The molecule has 0 spiro atoms. The Bertz CT molecular complexity index is 917. The summed E-state index contributed by atoms with van der Waals surface area (Å²) in [7, 11) is 0. The van der Waals surface area contributed by atoms with E-state index < -0.39 is 5.41 Å². The molecule has 0 atom stereocenters. The molecule has 1 fully saturated rings. The van der Waals surface area contributed by atoms with Crippen LogP contribution >= 0.6 is 0 Å². The summed E-state index contributed by atoms with van der Waals surface area (Å²) in [5.74, 6) is 0.308. The van der Waals surface area contributed by atoms with Crippen molar-refractivity contribution in [1.29, 1.82) is 0 Å². The highest BCUT2D eigenvalue weighted by Gasteiger charge is 2.42. The van der Waals surface area contributed by atoms with Crippen LogP contribution in [-0.2, 0) is 10.2 Å². The summed E-state index contributed by atoms with van der Waals surface area (Å²) in [6, 6.07) is 11.7. The lowest BCUT2D eigenvalue weighted by Gasteiger charge is -2.28. The second-order valence-corrected chi connectivity index (χ2v) is 6.89. The average molecular weight is 359 g/mol. The number of hydrogen-bond acceptors (Lipinski definition) is 5. The molecule has 0 bridgehead atoms. The van der Waals surface area contributed by atoms with Gasteiger partial charge in [-0.1, -0.05) is 37.1 Å². The highest BCUT2D eigenvalue weighted by atomic mass is 16.2. The number of carbonyl (C=O) groups is 1. The predicted octanol–water partition coefficient (Wildman–Crippen LogP) is 3.57. The first-order chi connectivity index (χ1) is 13.2. The molecule has 1 saturated carbocycles. The molecular formula is C21H21N5O. The minimum atomic E-state index is -0.487. The molecule has 1 aliphatic rings. The average Bonchev–Trinajstić information content (AvgIpc) is 3.21. The smallest absolute Gasteiger partial charge is 0.235 e. The van der Waals surface area contributed by atoms with Gasteiger partial charge in [0.1, 0.15) is 0 Å². The monoisotopic (exact) mass is 359 g/mol. The number of nitrogens with one attached hydrogen (secondary N) is 1. The van der Waals surface area contributed by atoms with Gasteiger partial charge in [0.05, 0.1) is 5.41 Å². The molecule has 2 heterocycles. The van der Waals surface area contributed by atoms with E-state index in [4.69, 9.17) is 5.73 Å². The summed E-state index contributed by atoms with van der Waals surface area (Å²) < 4.78 is 0. The molecule has 3 aromatic rings. The van der Waals surface area contributed by atoms with Crippen LogP contribution in [-0.4, -0.2) is 20.9 Å². The molecular weight excluding hydrogens is 338 g/mol. The topological polar surface area (TPSA) is 93.8 Å². The van der Waals surface area contributed by atoms with Gasteiger partial charge in [0, 0.05) is 36.0 Å². The van der Waals surface area contributed by atoms with E-state index in [1.807, 2.05) is 36.4 Å². The molecule has 1 aliphatic carbocycles. The number of anilines is 2. The van der Waals surface area contributed by atoms with E-state index in [-0.39, 0.29) is 11.9 Å². The van der Waals surface area contributed by atoms with E-state index in [0.29, 0.717) is 0 Å². The Kier molecular flexibility index (Phi) is 4.54. The minimum absolute atomic E-state index is 0.0507. The van der Waals surface area contributed by atoms with E-state index in [1.54, 1.807) is 24.8 Å². The summed E-state index contributed by atoms with van der Waals surface area (Å²) in [6.07, 6.45) is 10.6. The molecule has 1 amide bonds. The number of pyridine rings is 1. The summed E-state index contributed by atoms with van der Waals surface area (Å²) in [4.78, 5) is 25.2. The second kappa shape index (κ2) is 7.15. The number of aromatic nitrogens is 3. The van der Waals surface area contributed by atoms with Crippen molar-refractivity contribution in [1.82, 2.24) is 15.0 Å². The maximum absolute atomic E-state index is 13.2. The van der Waals surface area contributed by atoms with Crippen LogP contribution < -0.4 is 11.1 Å². The fraction of sp³-hybridized carbons (Fsp3) is 0.238. The molecule has 27 heavy (non-hydrogen) atoms. The van der Waals surface area contributed by atoms with Gasteiger partial charge in [-0.25, -0.2) is 9.97 Å². The van der Waals surface area contributed by atoms with Crippen molar-refractivity contribution in [2.75, 3.05) is 11.1 Å². The zero-order chi connectivity index (χ0) is 18.7. The number of amides is 1. The number of carbonyl (C=O) groups excluding carboxylic acids is 1. The molecule has 0 radical (unpaired) electrons. The first kappa shape index (κ1) is 17.1. The third-order valence-corrected chi connectivity index (χ3v) is 5.27. The van der Waals surface area contributed by atoms with Crippen molar-refractivity contribution in [3.8, 4) is 11.1 Å². The van der Waals surface area contributed by atoms with Gasteiger partial charge < -0.3 is 11.1 Å². The lowest BCUT2D eigenvalue weighted by molar-refractivity contribution is -0.121. The number of nitrogen functional groups attached to an aromatic ring is 1. The molecule has 4 rings (SSSR count). The summed E-state index contributed by atoms with van der Waals surface area (Å²) >= 11 is 0. The summed E-state index contributed by atoms with van der Waals surface area (Å²) in [5.41, 5.74) is 8.79. The third-order valence-electron chi connectivity index (χ3n) is 5.27. The van der Waals surface area contributed by atoms with Gasteiger partial charge in [0.15, 0.2) is 0 Å². The maximum atomic E-state index is 13.2. The van der Waals surface area contributed by atoms with Crippen LogP contribution in [0.25, 0.3) is 11.1 Å². The van der Waals surface area contributed by atoms with Crippen LogP contribution in [0.4, 0.5) is 11.6 Å². The second-order valence-electron chi connectivity index (χ2n) is 6.89. The molecule has 3 N–H and O–H groups in total. The van der Waals surface area contributed by atoms with E-state index >= 15 is 0 Å². The van der Waals surface area contributed by atoms with Gasteiger partial charge in [-0.05, 0) is 36.1 Å². The Morgan fingerprint density at radius 2 is 1.56 bits per heavy atom. The number of nitrogens with two attached hydrogens (primary N) is 1. The molecule has 136 valence electrons. The van der Waals surface area contributed by atoms with Crippen LogP contribution in [0.5, 0.6) is 0 Å². The predicted molar refractivity (Wildman–Crippen MR) is 105 cm³/mol. The van der Waals surface area contributed by atoms with Crippen molar-refractivity contribution in [3.05, 3.63) is 66.7 Å². The lowest BCUT2D eigenvalue weighted by atomic mass is 9.77. The Morgan fingerprint density at radius 3 is 2.19 bits per heavy atom. The third kappa shape index (κ3) is 3.38. The Balaban J connectivity index is 1.62. The standard InChI is InChI=1S/C21H21N5O/c22-20-24-13-16(14-25-20)15-3-5-17(6-4-15)21(9-1-2-10-21)19(27)26-18-7-11-23-12-8-18/h3-8,11-14H,1-2,9-10H2,(H2,22,24,25)(H,23,26,27). The van der Waals surface area contributed by atoms with Crippen LogP contribution in [0.1, 0.15) is 31.2 Å². The molecule has 2 aromatic heterocycles. The highest BCUT2D eigenvalue weighted by Crippen LogP contribution is 2.42. The fourth-order valence-corrected chi connectivity index (χ4v) is 3.78. The lowest BCUT2D eigenvalue weighted by Crippen LogP contribution is -2.37. The highest BCUT2D eigenvalue weighted by molar-refractivity contribution is 5.99. The fourth-order valence-electron chi connectivity index (χ4n) is 3.78. The molecule has 1 aromatic carbocycles. The summed E-state index contributed by atoms with van der Waals surface area (Å²) in [5, 5.41) is 3.06. The van der Waals surface area contributed by atoms with Crippen molar-refractivity contribution in [2.45, 2.75) is 31.1 Å². The van der Waals surface area contributed by atoms with E-state index in [9.17, 15) is 4.79 Å². The first-order valence-corrected chi connectivity index (χ1v) is 9.07. The van der Waals surface area contributed by atoms with Crippen LogP contribution in [0, 0.1) is 0 Å². The van der Waals surface area contributed by atoms with E-state index in [0.717, 1.165) is 48.1 Å². The van der Waals surface area contributed by atoms with Gasteiger partial charge in [-0.3, -0.25) is 9.78 Å². The normalized spacial score (nSPS) is 15.4. The van der Waals surface area contributed by atoms with Crippen LogP contribution in [0.3, 0.4) is 0 Å². The number of hydrogen-bond donors (Lipinski definition) is 2. The first-order valence-electron chi connectivity index (χ1n) is 9.07. The van der Waals surface area contributed by atoms with E-state index in [1.165, 1.54) is 0 Å². The molecule has 0 aliphatic heterocycles. The quantitative estimate of drug-likeness (QED) is 0.743. The van der Waals surface area contributed by atoms with E-state index in [2.05, 4.69) is 20.3 Å². The number of benzene rings is 1. The Hall–Kier alpha value is -3.28. The van der Waals surface area contributed by atoms with Crippen molar-refractivity contribution in [2.24, 2.45) is 0 Å². The van der Waals surface area contributed by atoms with Gasteiger partial charge in [0.25, 0.3) is 0 Å². The number of nitrogens with zero attached hydrogens (tertiary/aromatic N) is 3. The molecule has 6 nitrogen and oxygen atoms in total. The van der Waals surface area contributed by atoms with Gasteiger partial charge in [-0.2, -0.15) is 0 Å². The van der Waals surface area contributed by atoms with Crippen molar-refractivity contribution in [3.63, 3.8) is 0 Å². The Labute approximate surface area is 157 Å². The molecule has 6 heteroatoms. The Morgan fingerprint density at radius 1 is 0.926 bits per heavy atom. The van der Waals surface area contributed by atoms with Crippen LogP contribution in [0.15, 0.2) is 61.2 Å². The number of rotatable bonds is 4. The van der Waals surface area contributed by atoms with Gasteiger partial charge in [0.2, 0.25) is 11.9 Å². The zero-order valence-electron chi connectivity index (χ0n) is 14.9. The maximum Gasteiger partial charge on any atom is 0.235 e. The van der Waals surface area contributed by atoms with Crippen LogP contribution in [0.2, 0.25) is 0 Å².